The molecule has 1 heterocycles. The van der Waals surface area contributed by atoms with Crippen LogP contribution in [-0.4, -0.2) is 31.5 Å². The van der Waals surface area contributed by atoms with Gasteiger partial charge in [0.2, 0.25) is 5.91 Å². The smallest absolute Gasteiger partial charge is 0.228 e. The molecule has 0 aromatic heterocycles. The van der Waals surface area contributed by atoms with Gasteiger partial charge in [-0.1, -0.05) is 57.7 Å². The molecule has 0 radical (unpaired) electrons. The van der Waals surface area contributed by atoms with Crippen molar-refractivity contribution in [3.05, 3.63) is 30.3 Å². The summed E-state index contributed by atoms with van der Waals surface area (Å²) >= 11 is 1.24. The summed E-state index contributed by atoms with van der Waals surface area (Å²) in [4.78, 5) is 25.8. The fraction of sp³-hybridized carbons (Fsp3) is 0.600. The molecule has 4 atom stereocenters. The van der Waals surface area contributed by atoms with Crippen LogP contribution in [0.3, 0.4) is 0 Å². The minimum Gasteiger partial charge on any atom is -0.413 e. The molecule has 1 amide bonds. The van der Waals surface area contributed by atoms with Gasteiger partial charge in [-0.15, -0.1) is 0 Å². The average Bonchev–Trinajstić information content (AvgIpc) is 2.50. The standard InChI is InChI=1S/C20H31NO3SSi/c1-13(19(23)25-15-11-9-8-10-12-15)17-16(18(22)21-17)14(2)24-26(6,7)20(3,4)5/h8-14,16-17H,1-7H3,(H,21,22)/t13-,14-,16-,17-/m1/s1. The van der Waals surface area contributed by atoms with Crippen LogP contribution in [0.1, 0.15) is 34.6 Å². The maximum Gasteiger partial charge on any atom is 0.228 e. The molecular formula is C20H31NO3SSi. The van der Waals surface area contributed by atoms with E-state index in [0.29, 0.717) is 0 Å². The quantitative estimate of drug-likeness (QED) is 0.440. The van der Waals surface area contributed by atoms with Crippen LogP contribution in [-0.2, 0) is 14.0 Å². The monoisotopic (exact) mass is 393 g/mol. The molecule has 1 N–H and O–H groups in total. The Hall–Kier alpha value is -1.11. The number of hydrogen-bond acceptors (Lipinski definition) is 4. The van der Waals surface area contributed by atoms with Gasteiger partial charge in [0.1, 0.15) is 0 Å². The fourth-order valence-electron chi connectivity index (χ4n) is 2.92. The van der Waals surface area contributed by atoms with E-state index in [1.54, 1.807) is 0 Å². The zero-order valence-electron chi connectivity index (χ0n) is 16.8. The Kier molecular flexibility index (Phi) is 6.41. The molecule has 6 heteroatoms. The Morgan fingerprint density at radius 1 is 1.19 bits per heavy atom. The normalized spacial score (nSPS) is 23.0. The molecule has 1 saturated heterocycles. The molecule has 0 bridgehead atoms. The highest BCUT2D eigenvalue weighted by Gasteiger charge is 2.50. The lowest BCUT2D eigenvalue weighted by Crippen LogP contribution is -2.66. The second kappa shape index (κ2) is 7.86. The van der Waals surface area contributed by atoms with Gasteiger partial charge in [-0.05, 0) is 37.2 Å². The van der Waals surface area contributed by atoms with E-state index in [4.69, 9.17) is 4.43 Å². The van der Waals surface area contributed by atoms with Crippen LogP contribution in [0.4, 0.5) is 0 Å². The number of thioether (sulfide) groups is 1. The van der Waals surface area contributed by atoms with E-state index in [9.17, 15) is 9.59 Å². The lowest BCUT2D eigenvalue weighted by molar-refractivity contribution is -0.143. The van der Waals surface area contributed by atoms with Crippen molar-refractivity contribution in [3.8, 4) is 0 Å². The van der Waals surface area contributed by atoms with Crippen LogP contribution in [0.2, 0.25) is 18.1 Å². The van der Waals surface area contributed by atoms with Crippen LogP contribution < -0.4 is 5.32 Å². The fourth-order valence-corrected chi connectivity index (χ4v) is 5.20. The number of β-lactam (4-membered cyclic amide) rings is 1. The molecule has 0 unspecified atom stereocenters. The van der Waals surface area contributed by atoms with Gasteiger partial charge in [-0.3, -0.25) is 9.59 Å². The molecular weight excluding hydrogens is 362 g/mol. The predicted octanol–water partition coefficient (Wildman–Crippen LogP) is 4.47. The molecule has 1 aromatic rings. The van der Waals surface area contributed by atoms with E-state index in [1.165, 1.54) is 11.8 Å². The second-order valence-electron chi connectivity index (χ2n) is 8.67. The number of carbonyl (C=O) groups excluding carboxylic acids is 2. The van der Waals surface area contributed by atoms with E-state index in [-0.39, 0.29) is 40.0 Å². The first kappa shape index (κ1) is 21.2. The summed E-state index contributed by atoms with van der Waals surface area (Å²) in [5, 5.41) is 3.09. The first-order valence-corrected chi connectivity index (χ1v) is 12.9. The molecule has 144 valence electrons. The Morgan fingerprint density at radius 2 is 1.77 bits per heavy atom. The number of nitrogens with one attached hydrogen (secondary N) is 1. The third-order valence-electron chi connectivity index (χ3n) is 5.66. The van der Waals surface area contributed by atoms with Gasteiger partial charge < -0.3 is 9.74 Å². The predicted molar refractivity (Wildman–Crippen MR) is 110 cm³/mol. The molecule has 0 spiro atoms. The van der Waals surface area contributed by atoms with Crippen LogP contribution in [0, 0.1) is 11.8 Å². The molecule has 0 aliphatic carbocycles. The van der Waals surface area contributed by atoms with Crippen molar-refractivity contribution in [2.24, 2.45) is 11.8 Å². The number of carbonyl (C=O) groups is 2. The van der Waals surface area contributed by atoms with Crippen LogP contribution in [0.15, 0.2) is 35.2 Å². The van der Waals surface area contributed by atoms with E-state index >= 15 is 0 Å². The summed E-state index contributed by atoms with van der Waals surface area (Å²) in [7, 11) is -1.97. The van der Waals surface area contributed by atoms with Gasteiger partial charge in [0, 0.05) is 10.8 Å². The third-order valence-corrected chi connectivity index (χ3v) is 11.3. The largest absolute Gasteiger partial charge is 0.413 e. The summed E-state index contributed by atoms with van der Waals surface area (Å²) in [5.41, 5.74) is 0. The minimum absolute atomic E-state index is 0.00873. The van der Waals surface area contributed by atoms with Crippen molar-refractivity contribution >= 4 is 31.1 Å². The Morgan fingerprint density at radius 3 is 2.27 bits per heavy atom. The van der Waals surface area contributed by atoms with Crippen molar-refractivity contribution < 1.29 is 14.0 Å². The number of benzene rings is 1. The average molecular weight is 394 g/mol. The van der Waals surface area contributed by atoms with Gasteiger partial charge >= 0.3 is 0 Å². The number of rotatable bonds is 6. The highest BCUT2D eigenvalue weighted by Crippen LogP contribution is 2.40. The highest BCUT2D eigenvalue weighted by atomic mass is 32.2. The SMILES string of the molecule is C[C@@H](O[Si](C)(C)C(C)(C)C)[C@H]1C(=O)N[C@@H]1[C@@H](C)C(=O)Sc1ccccc1. The Bertz CT molecular complexity index is 657. The number of hydrogen-bond donors (Lipinski definition) is 1. The molecule has 1 fully saturated rings. The van der Waals surface area contributed by atoms with Crippen molar-refractivity contribution in [3.63, 3.8) is 0 Å². The van der Waals surface area contributed by atoms with Gasteiger partial charge in [0.25, 0.3) is 0 Å². The van der Waals surface area contributed by atoms with Crippen molar-refractivity contribution in [1.29, 1.82) is 0 Å². The van der Waals surface area contributed by atoms with Gasteiger partial charge in [-0.2, -0.15) is 0 Å². The maximum atomic E-state index is 12.6. The summed E-state index contributed by atoms with van der Waals surface area (Å²) in [6.45, 7) is 14.8. The summed E-state index contributed by atoms with van der Waals surface area (Å²) < 4.78 is 6.41. The van der Waals surface area contributed by atoms with E-state index in [2.05, 4.69) is 39.2 Å². The lowest BCUT2D eigenvalue weighted by atomic mass is 9.79. The molecule has 26 heavy (non-hydrogen) atoms. The molecule has 2 rings (SSSR count). The van der Waals surface area contributed by atoms with Gasteiger partial charge in [-0.25, -0.2) is 0 Å². The lowest BCUT2D eigenvalue weighted by Gasteiger charge is -2.46. The molecule has 1 aliphatic rings. The minimum atomic E-state index is -1.97. The topological polar surface area (TPSA) is 55.4 Å². The Balaban J connectivity index is 2.03. The molecule has 1 aromatic carbocycles. The second-order valence-corrected chi connectivity index (χ2v) is 14.5. The van der Waals surface area contributed by atoms with Crippen LogP contribution >= 0.6 is 11.8 Å². The molecule has 0 saturated carbocycles. The van der Waals surface area contributed by atoms with Gasteiger partial charge in [0.15, 0.2) is 13.4 Å². The zero-order valence-corrected chi connectivity index (χ0v) is 18.6. The van der Waals surface area contributed by atoms with Crippen molar-refractivity contribution in [2.45, 2.75) is 69.8 Å². The zero-order chi connectivity index (χ0) is 19.7. The van der Waals surface area contributed by atoms with E-state index < -0.39 is 8.32 Å². The summed E-state index contributed by atoms with van der Waals surface area (Å²) in [6.07, 6.45) is -0.188. The van der Waals surface area contributed by atoms with Crippen LogP contribution in [0.25, 0.3) is 0 Å². The summed E-state index contributed by atoms with van der Waals surface area (Å²) in [5.74, 6) is -0.529. The highest BCUT2D eigenvalue weighted by molar-refractivity contribution is 8.13. The van der Waals surface area contributed by atoms with E-state index in [0.717, 1.165) is 4.90 Å². The van der Waals surface area contributed by atoms with Crippen molar-refractivity contribution in [1.82, 2.24) is 5.32 Å². The molecule has 1 aliphatic heterocycles. The first-order valence-electron chi connectivity index (χ1n) is 9.19. The van der Waals surface area contributed by atoms with Crippen molar-refractivity contribution in [2.75, 3.05) is 0 Å². The Labute approximate surface area is 162 Å². The molecule has 4 nitrogen and oxygen atoms in total. The van der Waals surface area contributed by atoms with E-state index in [1.807, 2.05) is 44.2 Å². The first-order chi connectivity index (χ1) is 11.9. The summed E-state index contributed by atoms with van der Waals surface area (Å²) in [6, 6.07) is 9.46. The number of amides is 1. The maximum absolute atomic E-state index is 12.6. The third kappa shape index (κ3) is 4.59. The van der Waals surface area contributed by atoms with Crippen LogP contribution in [0.5, 0.6) is 0 Å². The van der Waals surface area contributed by atoms with Gasteiger partial charge in [0.05, 0.1) is 18.1 Å².